The molecular weight excluding hydrogens is 280 g/mol. The van der Waals surface area contributed by atoms with Gasteiger partial charge in [0.1, 0.15) is 12.2 Å². The van der Waals surface area contributed by atoms with Crippen molar-refractivity contribution in [3.05, 3.63) is 12.2 Å². The zero-order valence-corrected chi connectivity index (χ0v) is 12.4. The summed E-state index contributed by atoms with van der Waals surface area (Å²) in [7, 11) is 0. The zero-order chi connectivity index (χ0) is 12.4. The largest absolute Gasteiger partial charge is 0.292 e. The highest BCUT2D eigenvalue weighted by molar-refractivity contribution is 9.09. The van der Waals surface area contributed by atoms with E-state index >= 15 is 0 Å². The fraction of sp³-hybridized carbons (Fsp3) is 0.833. The number of alkyl halides is 1. The number of halogens is 1. The van der Waals surface area contributed by atoms with E-state index in [1.54, 1.807) is 6.33 Å². The highest BCUT2D eigenvalue weighted by atomic mass is 79.9. The third kappa shape index (κ3) is 2.71. The molecule has 1 aromatic heterocycles. The number of nitrogens with zero attached hydrogens (tertiary/aromatic N) is 4. The maximum Gasteiger partial charge on any atom is 0.141 e. The molecule has 1 aromatic rings. The molecule has 2 heterocycles. The molecule has 17 heavy (non-hydrogen) atoms. The van der Waals surface area contributed by atoms with Crippen LogP contribution in [0.15, 0.2) is 6.33 Å². The number of rotatable bonds is 4. The van der Waals surface area contributed by atoms with Crippen molar-refractivity contribution < 1.29 is 0 Å². The van der Waals surface area contributed by atoms with E-state index in [0.29, 0.717) is 12.1 Å². The Morgan fingerprint density at radius 1 is 1.53 bits per heavy atom. The van der Waals surface area contributed by atoms with Crippen molar-refractivity contribution in [2.24, 2.45) is 5.92 Å². The van der Waals surface area contributed by atoms with E-state index in [9.17, 15) is 0 Å². The van der Waals surface area contributed by atoms with Gasteiger partial charge in [-0.3, -0.25) is 4.90 Å². The molecule has 2 unspecified atom stereocenters. The van der Waals surface area contributed by atoms with Crippen molar-refractivity contribution in [2.45, 2.75) is 45.8 Å². The summed E-state index contributed by atoms with van der Waals surface area (Å²) < 4.78 is 2.02. The lowest BCUT2D eigenvalue weighted by molar-refractivity contribution is 0.232. The molecule has 0 spiro atoms. The normalized spacial score (nSPS) is 25.9. The van der Waals surface area contributed by atoms with Crippen molar-refractivity contribution >= 4 is 15.9 Å². The van der Waals surface area contributed by atoms with Gasteiger partial charge in [-0.2, -0.15) is 5.10 Å². The Morgan fingerprint density at radius 3 is 2.94 bits per heavy atom. The molecule has 5 heteroatoms. The van der Waals surface area contributed by atoms with Gasteiger partial charge in [-0.15, -0.1) is 0 Å². The Labute approximate surface area is 112 Å². The molecule has 0 aromatic carbocycles. The van der Waals surface area contributed by atoms with Gasteiger partial charge in [0.2, 0.25) is 0 Å². The first-order valence-corrected chi connectivity index (χ1v) is 7.44. The van der Waals surface area contributed by atoms with Crippen LogP contribution in [-0.2, 0) is 6.54 Å². The maximum absolute atomic E-state index is 4.39. The zero-order valence-electron chi connectivity index (χ0n) is 10.8. The number of aromatic nitrogens is 3. The second-order valence-electron chi connectivity index (χ2n) is 5.17. The van der Waals surface area contributed by atoms with Gasteiger partial charge in [0.25, 0.3) is 0 Å². The summed E-state index contributed by atoms with van der Waals surface area (Å²) in [5.74, 6) is 1.85. The van der Waals surface area contributed by atoms with Crippen molar-refractivity contribution in [1.29, 1.82) is 0 Å². The Hall–Kier alpha value is -0.420. The smallest absolute Gasteiger partial charge is 0.141 e. The molecule has 1 aliphatic rings. The monoisotopic (exact) mass is 300 g/mol. The third-order valence-electron chi connectivity index (χ3n) is 3.64. The maximum atomic E-state index is 4.39. The van der Waals surface area contributed by atoms with E-state index in [2.05, 4.69) is 51.7 Å². The Morgan fingerprint density at radius 2 is 2.29 bits per heavy atom. The summed E-state index contributed by atoms with van der Waals surface area (Å²) in [6.07, 6.45) is 2.95. The van der Waals surface area contributed by atoms with E-state index in [1.807, 2.05) is 4.68 Å². The van der Waals surface area contributed by atoms with Crippen LogP contribution < -0.4 is 0 Å². The van der Waals surface area contributed by atoms with Gasteiger partial charge in [0.05, 0.1) is 6.54 Å². The predicted molar refractivity (Wildman–Crippen MR) is 72.2 cm³/mol. The van der Waals surface area contributed by atoms with Crippen LogP contribution in [-0.4, -0.2) is 37.6 Å². The summed E-state index contributed by atoms with van der Waals surface area (Å²) in [6.45, 7) is 8.71. The van der Waals surface area contributed by atoms with Gasteiger partial charge in [-0.25, -0.2) is 9.67 Å². The lowest BCUT2D eigenvalue weighted by Gasteiger charge is -2.25. The summed E-state index contributed by atoms with van der Waals surface area (Å²) in [5.41, 5.74) is 0. The van der Waals surface area contributed by atoms with Crippen molar-refractivity contribution in [2.75, 3.05) is 11.9 Å². The second-order valence-corrected chi connectivity index (χ2v) is 5.82. The number of hydrogen-bond donors (Lipinski definition) is 0. The van der Waals surface area contributed by atoms with Crippen molar-refractivity contribution in [1.82, 2.24) is 19.7 Å². The minimum absolute atomic E-state index is 0.384. The van der Waals surface area contributed by atoms with Crippen LogP contribution in [0.3, 0.4) is 0 Å². The fourth-order valence-electron chi connectivity index (χ4n) is 2.53. The Balaban J connectivity index is 2.08. The van der Waals surface area contributed by atoms with Crippen LogP contribution in [0.1, 0.15) is 39.1 Å². The van der Waals surface area contributed by atoms with Crippen LogP contribution in [0.5, 0.6) is 0 Å². The lowest BCUT2D eigenvalue weighted by atomic mass is 10.1. The molecule has 0 saturated carbocycles. The topological polar surface area (TPSA) is 34.0 Å². The minimum Gasteiger partial charge on any atom is -0.292 e. The summed E-state index contributed by atoms with van der Waals surface area (Å²) >= 11 is 3.62. The molecule has 4 nitrogen and oxygen atoms in total. The van der Waals surface area contributed by atoms with Gasteiger partial charge < -0.3 is 0 Å². The molecule has 0 radical (unpaired) electrons. The molecule has 1 aliphatic heterocycles. The van der Waals surface area contributed by atoms with Gasteiger partial charge in [0.15, 0.2) is 0 Å². The minimum atomic E-state index is 0.384. The average Bonchev–Trinajstić information content (AvgIpc) is 2.86. The van der Waals surface area contributed by atoms with Crippen LogP contribution in [0.2, 0.25) is 0 Å². The van der Waals surface area contributed by atoms with E-state index in [1.165, 1.54) is 13.0 Å². The predicted octanol–water partition coefficient (Wildman–Crippen LogP) is 2.46. The molecule has 2 atom stereocenters. The highest BCUT2D eigenvalue weighted by Gasteiger charge is 2.31. The third-order valence-corrected chi connectivity index (χ3v) is 4.30. The first kappa shape index (κ1) is 13.0. The Kier molecular flexibility index (Phi) is 4.20. The standard InChI is InChI=1S/C12H21BrN4/c1-9(2)17-12(14-8-15-17)7-16-5-4-10(3)11(16)6-13/h8-11H,4-7H2,1-3H3. The SMILES string of the molecule is CC1CCN(Cc2ncnn2C(C)C)C1CBr. The average molecular weight is 301 g/mol. The molecule has 0 N–H and O–H groups in total. The summed E-state index contributed by atoms with van der Waals surface area (Å²) in [4.78, 5) is 6.91. The van der Waals surface area contributed by atoms with E-state index in [0.717, 1.165) is 23.6 Å². The Bertz CT molecular complexity index is 363. The van der Waals surface area contributed by atoms with Gasteiger partial charge in [-0.1, -0.05) is 22.9 Å². The summed E-state index contributed by atoms with van der Waals surface area (Å²) in [6, 6.07) is 1.02. The quantitative estimate of drug-likeness (QED) is 0.801. The highest BCUT2D eigenvalue weighted by Crippen LogP contribution is 2.26. The van der Waals surface area contributed by atoms with E-state index in [-0.39, 0.29) is 0 Å². The van der Waals surface area contributed by atoms with Crippen molar-refractivity contribution in [3.8, 4) is 0 Å². The molecule has 0 amide bonds. The molecule has 96 valence electrons. The lowest BCUT2D eigenvalue weighted by Crippen LogP contribution is -2.34. The van der Waals surface area contributed by atoms with E-state index < -0.39 is 0 Å². The second kappa shape index (κ2) is 5.48. The van der Waals surface area contributed by atoms with Gasteiger partial charge in [-0.05, 0) is 32.7 Å². The fourth-order valence-corrected chi connectivity index (χ4v) is 3.58. The van der Waals surface area contributed by atoms with Crippen LogP contribution in [0.25, 0.3) is 0 Å². The molecule has 0 aliphatic carbocycles. The van der Waals surface area contributed by atoms with E-state index in [4.69, 9.17) is 0 Å². The molecule has 1 saturated heterocycles. The number of hydrogen-bond acceptors (Lipinski definition) is 3. The summed E-state index contributed by atoms with van der Waals surface area (Å²) in [5, 5.41) is 5.34. The molecular formula is C12H21BrN4. The van der Waals surface area contributed by atoms with Crippen LogP contribution in [0.4, 0.5) is 0 Å². The van der Waals surface area contributed by atoms with Gasteiger partial charge in [0, 0.05) is 17.4 Å². The number of likely N-dealkylation sites (tertiary alicyclic amines) is 1. The van der Waals surface area contributed by atoms with Gasteiger partial charge >= 0.3 is 0 Å². The molecule has 0 bridgehead atoms. The molecule has 1 fully saturated rings. The van der Waals surface area contributed by atoms with Crippen LogP contribution >= 0.6 is 15.9 Å². The molecule has 2 rings (SSSR count). The van der Waals surface area contributed by atoms with Crippen molar-refractivity contribution in [3.63, 3.8) is 0 Å². The first-order valence-electron chi connectivity index (χ1n) is 6.32. The first-order chi connectivity index (χ1) is 8.13. The van der Waals surface area contributed by atoms with Crippen LogP contribution in [0, 0.1) is 5.92 Å².